The van der Waals surface area contributed by atoms with Crippen LogP contribution < -0.4 is 15.0 Å². The van der Waals surface area contributed by atoms with Crippen molar-refractivity contribution in [3.05, 3.63) is 54.7 Å². The largest absolute Gasteiger partial charge is 0.435 e. The van der Waals surface area contributed by atoms with Crippen molar-refractivity contribution in [1.82, 2.24) is 15.0 Å². The lowest BCUT2D eigenvalue weighted by Gasteiger charge is -2.28. The summed E-state index contributed by atoms with van der Waals surface area (Å²) in [6.45, 7) is -1.88. The smallest absolute Gasteiger partial charge is 0.387 e. The first-order valence-corrected chi connectivity index (χ1v) is 9.68. The van der Waals surface area contributed by atoms with Crippen LogP contribution in [-0.4, -0.2) is 40.8 Å². The van der Waals surface area contributed by atoms with Crippen LogP contribution in [0.4, 0.5) is 35.0 Å². The van der Waals surface area contributed by atoms with Crippen LogP contribution in [0.3, 0.4) is 0 Å². The summed E-state index contributed by atoms with van der Waals surface area (Å²) in [4.78, 5) is 14.3. The van der Waals surface area contributed by atoms with E-state index in [2.05, 4.69) is 25.0 Å². The van der Waals surface area contributed by atoms with Gasteiger partial charge in [-0.1, -0.05) is 12.1 Å². The molecule has 10 heteroatoms. The molecular formula is C21H19F4N5O. The fourth-order valence-electron chi connectivity index (χ4n) is 3.28. The van der Waals surface area contributed by atoms with Crippen LogP contribution in [0, 0.1) is 5.95 Å². The van der Waals surface area contributed by atoms with Gasteiger partial charge in [0, 0.05) is 31.0 Å². The van der Waals surface area contributed by atoms with Crippen molar-refractivity contribution >= 4 is 17.5 Å². The lowest BCUT2D eigenvalue weighted by molar-refractivity contribution is -0.0498. The fourth-order valence-corrected chi connectivity index (χ4v) is 3.28. The molecule has 3 aromatic rings. The number of pyridine rings is 1. The highest BCUT2D eigenvalue weighted by Gasteiger charge is 2.20. The van der Waals surface area contributed by atoms with E-state index in [0.29, 0.717) is 48.8 Å². The van der Waals surface area contributed by atoms with E-state index in [-0.39, 0.29) is 11.4 Å². The quantitative estimate of drug-likeness (QED) is 0.438. The number of hydrogen-bond acceptors (Lipinski definition) is 6. The van der Waals surface area contributed by atoms with E-state index in [4.69, 9.17) is 0 Å². The average molecular weight is 433 g/mol. The monoisotopic (exact) mass is 433 g/mol. The molecule has 0 radical (unpaired) electrons. The van der Waals surface area contributed by atoms with E-state index >= 15 is 0 Å². The second-order valence-corrected chi connectivity index (χ2v) is 6.99. The Morgan fingerprint density at radius 2 is 1.77 bits per heavy atom. The number of nitrogens with zero attached hydrogens (tertiary/aromatic N) is 4. The number of piperidine rings is 1. The van der Waals surface area contributed by atoms with Gasteiger partial charge in [0.2, 0.25) is 11.9 Å². The number of ether oxygens (including phenoxy) is 1. The highest BCUT2D eigenvalue weighted by molar-refractivity contribution is 5.69. The van der Waals surface area contributed by atoms with Crippen LogP contribution in [0.2, 0.25) is 0 Å². The van der Waals surface area contributed by atoms with Crippen molar-refractivity contribution in [2.24, 2.45) is 0 Å². The zero-order valence-electron chi connectivity index (χ0n) is 16.3. The number of alkyl halides is 3. The lowest BCUT2D eigenvalue weighted by Crippen LogP contribution is -2.35. The Hall–Kier alpha value is -3.43. The zero-order chi connectivity index (χ0) is 21.8. The molecule has 0 saturated carbocycles. The second-order valence-electron chi connectivity index (χ2n) is 6.99. The van der Waals surface area contributed by atoms with Gasteiger partial charge in [-0.15, -0.1) is 0 Å². The first kappa shape index (κ1) is 20.8. The standard InChI is InChI=1S/C21H19F4N5O/c22-15-6-9-30(10-7-15)21-26-8-5-18(29-21)28-17-11-14(12-27-19(17)23)13-1-3-16(4-2-13)31-20(24)25/h1-5,8,11-12,15,20H,6-7,9-10H2,(H,26,28,29). The predicted octanol–water partition coefficient (Wildman–Crippen LogP) is 4.96. The molecule has 162 valence electrons. The molecule has 0 aliphatic carbocycles. The van der Waals surface area contributed by atoms with Crippen molar-refractivity contribution in [2.75, 3.05) is 23.3 Å². The van der Waals surface area contributed by atoms with Crippen LogP contribution >= 0.6 is 0 Å². The van der Waals surface area contributed by atoms with Crippen molar-refractivity contribution in [2.45, 2.75) is 25.6 Å². The molecule has 0 unspecified atom stereocenters. The summed E-state index contributed by atoms with van der Waals surface area (Å²) in [5.41, 5.74) is 1.32. The summed E-state index contributed by atoms with van der Waals surface area (Å²) in [5, 5.41) is 2.89. The zero-order valence-corrected chi connectivity index (χ0v) is 16.3. The molecule has 1 N–H and O–H groups in total. The van der Waals surface area contributed by atoms with E-state index < -0.39 is 18.7 Å². The highest BCUT2D eigenvalue weighted by atomic mass is 19.3. The van der Waals surface area contributed by atoms with Crippen LogP contribution in [-0.2, 0) is 0 Å². The third-order valence-electron chi connectivity index (χ3n) is 4.86. The second kappa shape index (κ2) is 9.15. The van der Waals surface area contributed by atoms with Gasteiger partial charge in [0.1, 0.15) is 17.7 Å². The van der Waals surface area contributed by atoms with E-state index in [9.17, 15) is 17.6 Å². The summed E-state index contributed by atoms with van der Waals surface area (Å²) in [7, 11) is 0. The van der Waals surface area contributed by atoms with Gasteiger partial charge in [-0.25, -0.2) is 14.4 Å². The van der Waals surface area contributed by atoms with Crippen LogP contribution in [0.25, 0.3) is 11.1 Å². The molecule has 0 bridgehead atoms. The average Bonchev–Trinajstić information content (AvgIpc) is 2.76. The maximum atomic E-state index is 14.3. The Morgan fingerprint density at radius 1 is 1.03 bits per heavy atom. The Morgan fingerprint density at radius 3 is 2.48 bits per heavy atom. The van der Waals surface area contributed by atoms with Crippen molar-refractivity contribution in [1.29, 1.82) is 0 Å². The lowest BCUT2D eigenvalue weighted by atomic mass is 10.1. The molecule has 6 nitrogen and oxygen atoms in total. The fraction of sp³-hybridized carbons (Fsp3) is 0.286. The minimum atomic E-state index is -2.91. The molecule has 1 aliphatic heterocycles. The van der Waals surface area contributed by atoms with Gasteiger partial charge in [0.25, 0.3) is 0 Å². The normalized spacial score (nSPS) is 14.7. The molecule has 0 spiro atoms. The first-order valence-electron chi connectivity index (χ1n) is 9.68. The van der Waals surface area contributed by atoms with E-state index in [0.717, 1.165) is 0 Å². The predicted molar refractivity (Wildman–Crippen MR) is 108 cm³/mol. The molecular weight excluding hydrogens is 414 g/mol. The summed E-state index contributed by atoms with van der Waals surface area (Å²) < 4.78 is 56.6. The van der Waals surface area contributed by atoms with E-state index in [1.54, 1.807) is 30.5 Å². The van der Waals surface area contributed by atoms with Crippen LogP contribution in [0.1, 0.15) is 12.8 Å². The van der Waals surface area contributed by atoms with Gasteiger partial charge in [0.15, 0.2) is 0 Å². The van der Waals surface area contributed by atoms with Crippen molar-refractivity contribution in [3.8, 4) is 16.9 Å². The maximum absolute atomic E-state index is 14.3. The summed E-state index contributed by atoms with van der Waals surface area (Å²) in [6, 6.07) is 9.08. The molecule has 1 fully saturated rings. The van der Waals surface area contributed by atoms with Gasteiger partial charge in [-0.3, -0.25) is 0 Å². The molecule has 0 atom stereocenters. The molecule has 3 heterocycles. The van der Waals surface area contributed by atoms with Gasteiger partial charge in [-0.05, 0) is 42.7 Å². The number of anilines is 3. The summed E-state index contributed by atoms with van der Waals surface area (Å²) >= 11 is 0. The topological polar surface area (TPSA) is 63.2 Å². The number of rotatable bonds is 6. The minimum Gasteiger partial charge on any atom is -0.435 e. The Labute approximate surface area is 175 Å². The molecule has 1 aliphatic rings. The number of benzene rings is 1. The van der Waals surface area contributed by atoms with E-state index in [1.165, 1.54) is 18.3 Å². The first-order chi connectivity index (χ1) is 15.0. The molecule has 1 aromatic carbocycles. The summed E-state index contributed by atoms with van der Waals surface area (Å²) in [6.07, 6.45) is 2.92. The third kappa shape index (κ3) is 5.19. The van der Waals surface area contributed by atoms with Crippen molar-refractivity contribution < 1.29 is 22.3 Å². The molecule has 1 saturated heterocycles. The number of aromatic nitrogens is 3. The van der Waals surface area contributed by atoms with Gasteiger partial charge < -0.3 is 15.0 Å². The van der Waals surface area contributed by atoms with Gasteiger partial charge in [-0.2, -0.15) is 18.2 Å². The Kier molecular flexibility index (Phi) is 6.15. The van der Waals surface area contributed by atoms with Crippen LogP contribution in [0.5, 0.6) is 5.75 Å². The Bertz CT molecular complexity index is 1030. The molecule has 0 amide bonds. The molecule has 4 rings (SSSR count). The summed E-state index contributed by atoms with van der Waals surface area (Å²) in [5.74, 6) is 0.110. The Balaban J connectivity index is 1.52. The SMILES string of the molecule is Fc1ncc(-c2ccc(OC(F)F)cc2)cc1Nc1ccnc(N2CCC(F)CC2)n1. The highest BCUT2D eigenvalue weighted by Crippen LogP contribution is 2.28. The van der Waals surface area contributed by atoms with Crippen LogP contribution in [0.15, 0.2) is 48.8 Å². The molecule has 2 aromatic heterocycles. The van der Waals surface area contributed by atoms with Crippen molar-refractivity contribution in [3.63, 3.8) is 0 Å². The number of halogens is 4. The third-order valence-corrected chi connectivity index (χ3v) is 4.86. The van der Waals surface area contributed by atoms with E-state index in [1.807, 2.05) is 4.90 Å². The molecule has 31 heavy (non-hydrogen) atoms. The van der Waals surface area contributed by atoms with Gasteiger partial charge in [0.05, 0.1) is 5.69 Å². The minimum absolute atomic E-state index is 0.0254. The number of hydrogen-bond donors (Lipinski definition) is 1. The maximum Gasteiger partial charge on any atom is 0.387 e. The number of nitrogens with one attached hydrogen (secondary N) is 1. The van der Waals surface area contributed by atoms with Gasteiger partial charge >= 0.3 is 6.61 Å².